The average Bonchev–Trinajstić information content (AvgIpc) is 2.29. The molecule has 0 rings (SSSR count). The lowest BCUT2D eigenvalue weighted by Crippen LogP contribution is -2.73. The molecule has 0 radical (unpaired) electrons. The Morgan fingerprint density at radius 3 is 1.10 bits per heavy atom. The molecule has 0 aliphatic carbocycles. The zero-order valence-electron chi connectivity index (χ0n) is 10.1. The van der Waals surface area contributed by atoms with Gasteiger partial charge in [-0.25, -0.2) is 0 Å². The molecule has 0 saturated heterocycles. The summed E-state index contributed by atoms with van der Waals surface area (Å²) in [7, 11) is -4.76. The van der Waals surface area contributed by atoms with Gasteiger partial charge in [0.2, 0.25) is 0 Å². The van der Waals surface area contributed by atoms with Gasteiger partial charge in [0.25, 0.3) is 0 Å². The lowest BCUT2D eigenvalue weighted by molar-refractivity contribution is -0.389. The van der Waals surface area contributed by atoms with E-state index in [2.05, 4.69) is 13.3 Å². The fourth-order valence-electron chi connectivity index (χ4n) is 1.20. The molecule has 0 aromatic carbocycles. The Hall–Kier alpha value is -0.533. The Labute approximate surface area is 108 Å². The Bertz CT molecular complexity index is 319. The van der Waals surface area contributed by atoms with Crippen LogP contribution in [0.5, 0.6) is 0 Å². The Morgan fingerprint density at radius 2 is 0.900 bits per heavy atom. The first-order valence-electron chi connectivity index (χ1n) is 4.54. The van der Waals surface area contributed by atoms with Crippen molar-refractivity contribution < 1.29 is 52.8 Å². The molecule has 122 valence electrons. The zero-order chi connectivity index (χ0) is 16.6. The minimum atomic E-state index is -7.02. The largest absolute Gasteiger partial charge is 0.581 e. The molecular formula is C7H9F9O3Si. The second kappa shape index (κ2) is 5.34. The van der Waals surface area contributed by atoms with Gasteiger partial charge in [0.1, 0.15) is 0 Å². The molecule has 0 saturated carbocycles. The molecule has 13 heteroatoms. The van der Waals surface area contributed by atoms with E-state index in [0.717, 1.165) is 0 Å². The highest BCUT2D eigenvalue weighted by Crippen LogP contribution is 2.55. The normalized spacial score (nSPS) is 15.6. The fraction of sp³-hybridized carbons (Fsp3) is 1.00. The van der Waals surface area contributed by atoms with Crippen LogP contribution in [0.25, 0.3) is 0 Å². The van der Waals surface area contributed by atoms with Crippen LogP contribution < -0.4 is 0 Å². The van der Waals surface area contributed by atoms with Gasteiger partial charge in [0.15, 0.2) is 0 Å². The van der Waals surface area contributed by atoms with Crippen LogP contribution in [0.3, 0.4) is 0 Å². The summed E-state index contributed by atoms with van der Waals surface area (Å²) in [5.41, 5.74) is -6.03. The van der Waals surface area contributed by atoms with Gasteiger partial charge in [0.05, 0.1) is 0 Å². The Kier molecular flexibility index (Phi) is 5.20. The highest BCUT2D eigenvalue weighted by molar-refractivity contribution is 6.63. The molecule has 0 amide bonds. The van der Waals surface area contributed by atoms with Gasteiger partial charge in [-0.15, -0.1) is 0 Å². The first-order valence-corrected chi connectivity index (χ1v) is 6.26. The molecule has 0 aliphatic rings. The monoisotopic (exact) mass is 340 g/mol. The Morgan fingerprint density at radius 1 is 0.600 bits per heavy atom. The highest BCUT2D eigenvalue weighted by atomic mass is 28.4. The molecule has 0 aromatic heterocycles. The van der Waals surface area contributed by atoms with Crippen molar-refractivity contribution in [3.8, 4) is 0 Å². The predicted octanol–water partition coefficient (Wildman–Crippen LogP) is 2.87. The van der Waals surface area contributed by atoms with Crippen LogP contribution in [0.1, 0.15) is 0 Å². The molecule has 0 aliphatic heterocycles. The lowest BCUT2D eigenvalue weighted by Gasteiger charge is -2.39. The first kappa shape index (κ1) is 19.5. The summed E-state index contributed by atoms with van der Waals surface area (Å²) < 4.78 is 126. The number of rotatable bonds is 6. The molecule has 0 unspecified atom stereocenters. The summed E-state index contributed by atoms with van der Waals surface area (Å²) in [6, 6.07) is 0. The third-order valence-electron chi connectivity index (χ3n) is 2.34. The standard InChI is InChI=1S/C7H9F9O3Si/c1-17-20(18-2,19-3)7(15,16)5(10,11)4(8,9)6(12,13)14/h1-3H3. The van der Waals surface area contributed by atoms with Crippen LogP contribution in [0.2, 0.25) is 0 Å². The predicted molar refractivity (Wildman–Crippen MR) is 47.7 cm³/mol. The molecule has 0 aromatic rings. The van der Waals surface area contributed by atoms with Crippen LogP contribution in [-0.2, 0) is 13.3 Å². The number of hydrogen-bond acceptors (Lipinski definition) is 3. The number of halogens is 9. The van der Waals surface area contributed by atoms with Gasteiger partial charge in [-0.2, -0.15) is 39.5 Å². The van der Waals surface area contributed by atoms with Crippen molar-refractivity contribution in [2.24, 2.45) is 0 Å². The summed E-state index contributed by atoms with van der Waals surface area (Å²) in [5, 5.41) is 0. The maximum Gasteiger partial charge on any atom is 0.581 e. The summed E-state index contributed by atoms with van der Waals surface area (Å²) in [5.74, 6) is -13.9. The highest BCUT2D eigenvalue weighted by Gasteiger charge is 2.89. The van der Waals surface area contributed by atoms with E-state index in [1.807, 2.05) is 0 Å². The van der Waals surface area contributed by atoms with Crippen LogP contribution in [0, 0.1) is 0 Å². The maximum absolute atomic E-state index is 13.5. The molecule has 0 bridgehead atoms. The first-order chi connectivity index (χ1) is 8.68. The third-order valence-corrected chi connectivity index (χ3v) is 5.03. The molecule has 0 heterocycles. The summed E-state index contributed by atoms with van der Waals surface area (Å²) in [6.07, 6.45) is -6.91. The van der Waals surface area contributed by atoms with Gasteiger partial charge >= 0.3 is 32.4 Å². The van der Waals surface area contributed by atoms with Crippen molar-refractivity contribution >= 4 is 8.80 Å². The minimum Gasteiger partial charge on any atom is -0.373 e. The molecule has 0 N–H and O–H groups in total. The van der Waals surface area contributed by atoms with Gasteiger partial charge in [-0.1, -0.05) is 0 Å². The zero-order valence-corrected chi connectivity index (χ0v) is 11.1. The van der Waals surface area contributed by atoms with Crippen LogP contribution >= 0.6 is 0 Å². The average molecular weight is 340 g/mol. The van der Waals surface area contributed by atoms with E-state index in [1.54, 1.807) is 0 Å². The van der Waals surface area contributed by atoms with Crippen molar-refractivity contribution in [1.29, 1.82) is 0 Å². The molecule has 0 fully saturated rings. The minimum absolute atomic E-state index is 0.356. The van der Waals surface area contributed by atoms with E-state index in [9.17, 15) is 39.5 Å². The van der Waals surface area contributed by atoms with Crippen molar-refractivity contribution in [1.82, 2.24) is 0 Å². The lowest BCUT2D eigenvalue weighted by atomic mass is 10.1. The van der Waals surface area contributed by atoms with E-state index in [4.69, 9.17) is 0 Å². The van der Waals surface area contributed by atoms with E-state index < -0.39 is 32.4 Å². The fourth-order valence-corrected chi connectivity index (χ4v) is 3.01. The van der Waals surface area contributed by atoms with Crippen molar-refractivity contribution in [2.45, 2.75) is 23.6 Å². The van der Waals surface area contributed by atoms with Gasteiger partial charge < -0.3 is 13.3 Å². The summed E-state index contributed by atoms with van der Waals surface area (Å²) in [6.45, 7) is 0. The van der Waals surface area contributed by atoms with Crippen LogP contribution in [-0.4, -0.2) is 53.7 Å². The maximum atomic E-state index is 13.5. The third kappa shape index (κ3) is 2.40. The van der Waals surface area contributed by atoms with Crippen LogP contribution in [0.4, 0.5) is 39.5 Å². The number of alkyl halides is 9. The molecule has 0 spiro atoms. The van der Waals surface area contributed by atoms with E-state index in [1.165, 1.54) is 0 Å². The number of hydrogen-bond donors (Lipinski definition) is 0. The second-order valence-corrected chi connectivity index (χ2v) is 6.35. The van der Waals surface area contributed by atoms with E-state index in [-0.39, 0.29) is 0 Å². The van der Waals surface area contributed by atoms with Crippen molar-refractivity contribution in [3.05, 3.63) is 0 Å². The molecular weight excluding hydrogens is 331 g/mol. The summed E-state index contributed by atoms with van der Waals surface area (Å²) in [4.78, 5) is 0. The smallest absolute Gasteiger partial charge is 0.373 e. The topological polar surface area (TPSA) is 27.7 Å². The second-order valence-electron chi connectivity index (χ2n) is 3.39. The van der Waals surface area contributed by atoms with Gasteiger partial charge in [-0.3, -0.25) is 0 Å². The van der Waals surface area contributed by atoms with Gasteiger partial charge in [-0.05, 0) is 0 Å². The molecule has 3 nitrogen and oxygen atoms in total. The molecule has 0 atom stereocenters. The molecule has 20 heavy (non-hydrogen) atoms. The van der Waals surface area contributed by atoms with Crippen molar-refractivity contribution in [3.63, 3.8) is 0 Å². The van der Waals surface area contributed by atoms with Gasteiger partial charge in [0, 0.05) is 21.3 Å². The van der Waals surface area contributed by atoms with E-state index in [0.29, 0.717) is 21.3 Å². The van der Waals surface area contributed by atoms with E-state index >= 15 is 0 Å². The van der Waals surface area contributed by atoms with Crippen LogP contribution in [0.15, 0.2) is 0 Å². The quantitative estimate of drug-likeness (QED) is 0.550. The summed E-state index contributed by atoms with van der Waals surface area (Å²) >= 11 is 0. The Balaban J connectivity index is 6.04. The van der Waals surface area contributed by atoms with Crippen molar-refractivity contribution in [2.75, 3.05) is 21.3 Å². The SMILES string of the molecule is CO[Si](OC)(OC)C(F)(F)C(F)(F)C(F)(F)C(F)(F)F.